The predicted molar refractivity (Wildman–Crippen MR) is 74.2 cm³/mol. The van der Waals surface area contributed by atoms with Crippen molar-refractivity contribution in [3.8, 4) is 0 Å². The van der Waals surface area contributed by atoms with Crippen molar-refractivity contribution in [2.24, 2.45) is 0 Å². The Hall–Kier alpha value is -1.79. The van der Waals surface area contributed by atoms with Crippen molar-refractivity contribution < 1.29 is 22.0 Å². The molecule has 3 nitrogen and oxygen atoms in total. The molecule has 0 fully saturated rings. The molecule has 0 saturated carbocycles. The highest BCUT2D eigenvalue weighted by Crippen LogP contribution is 2.19. The number of benzene rings is 2. The molecular formula is C14H9ClF2O3S. The normalized spacial score (nSPS) is 11.4. The zero-order valence-corrected chi connectivity index (χ0v) is 12.1. The van der Waals surface area contributed by atoms with E-state index in [1.54, 1.807) is 0 Å². The topological polar surface area (TPSA) is 51.2 Å². The monoisotopic (exact) mass is 330 g/mol. The first kappa shape index (κ1) is 15.6. The summed E-state index contributed by atoms with van der Waals surface area (Å²) in [7, 11) is -4.28. The fourth-order valence-electron chi connectivity index (χ4n) is 1.71. The van der Waals surface area contributed by atoms with E-state index in [0.717, 1.165) is 6.07 Å². The highest BCUT2D eigenvalue weighted by Gasteiger charge is 2.24. The van der Waals surface area contributed by atoms with Crippen LogP contribution in [-0.2, 0) is 9.84 Å². The second-order valence-electron chi connectivity index (χ2n) is 4.27. The van der Waals surface area contributed by atoms with E-state index < -0.39 is 37.9 Å². The summed E-state index contributed by atoms with van der Waals surface area (Å²) >= 11 is 5.71. The molecule has 110 valence electrons. The first-order valence-corrected chi connectivity index (χ1v) is 7.79. The molecule has 2 aromatic rings. The van der Waals surface area contributed by atoms with Gasteiger partial charge in [0.15, 0.2) is 15.6 Å². The summed E-state index contributed by atoms with van der Waals surface area (Å²) in [5.74, 6) is -3.71. The van der Waals surface area contributed by atoms with Gasteiger partial charge in [-0.25, -0.2) is 17.2 Å². The number of hydrogen-bond acceptors (Lipinski definition) is 3. The van der Waals surface area contributed by atoms with Gasteiger partial charge in [-0.3, -0.25) is 4.79 Å². The van der Waals surface area contributed by atoms with Crippen molar-refractivity contribution >= 4 is 27.2 Å². The van der Waals surface area contributed by atoms with Crippen molar-refractivity contribution in [2.75, 3.05) is 5.75 Å². The van der Waals surface area contributed by atoms with E-state index in [-0.39, 0.29) is 10.6 Å². The molecule has 0 amide bonds. The molecular weight excluding hydrogens is 322 g/mol. The van der Waals surface area contributed by atoms with Crippen molar-refractivity contribution in [2.45, 2.75) is 4.90 Å². The van der Waals surface area contributed by atoms with E-state index in [2.05, 4.69) is 0 Å². The molecule has 0 N–H and O–H groups in total. The van der Waals surface area contributed by atoms with Crippen LogP contribution in [0.1, 0.15) is 10.4 Å². The lowest BCUT2D eigenvalue weighted by Crippen LogP contribution is -2.17. The van der Waals surface area contributed by atoms with Crippen molar-refractivity contribution in [3.63, 3.8) is 0 Å². The molecule has 0 unspecified atom stereocenters. The average Bonchev–Trinajstić information content (AvgIpc) is 2.41. The van der Waals surface area contributed by atoms with Crippen LogP contribution in [0, 0.1) is 11.6 Å². The van der Waals surface area contributed by atoms with Gasteiger partial charge in [-0.2, -0.15) is 0 Å². The molecule has 2 aromatic carbocycles. The fraction of sp³-hybridized carbons (Fsp3) is 0.0714. The van der Waals surface area contributed by atoms with E-state index in [1.807, 2.05) is 0 Å². The van der Waals surface area contributed by atoms with E-state index in [0.29, 0.717) is 12.1 Å². The van der Waals surface area contributed by atoms with Gasteiger partial charge >= 0.3 is 0 Å². The highest BCUT2D eigenvalue weighted by atomic mass is 35.5. The number of sulfone groups is 1. The second kappa shape index (κ2) is 5.91. The third-order valence-corrected chi connectivity index (χ3v) is 4.56. The molecule has 0 aromatic heterocycles. The largest absolute Gasteiger partial charge is 0.293 e. The van der Waals surface area contributed by atoms with E-state index in [9.17, 15) is 22.0 Å². The van der Waals surface area contributed by atoms with Crippen molar-refractivity contribution in [1.29, 1.82) is 0 Å². The van der Waals surface area contributed by atoms with Gasteiger partial charge in [0.2, 0.25) is 0 Å². The van der Waals surface area contributed by atoms with Gasteiger partial charge in [0.1, 0.15) is 22.3 Å². The van der Waals surface area contributed by atoms with Gasteiger partial charge in [-0.15, -0.1) is 0 Å². The Morgan fingerprint density at radius 1 is 1.10 bits per heavy atom. The number of ketones is 1. The summed E-state index contributed by atoms with van der Waals surface area (Å²) < 4.78 is 50.6. The molecule has 0 spiro atoms. The van der Waals surface area contributed by atoms with Gasteiger partial charge in [0.25, 0.3) is 0 Å². The molecule has 0 radical (unpaired) electrons. The molecule has 0 bridgehead atoms. The minimum atomic E-state index is -4.28. The predicted octanol–water partition coefficient (Wildman–Crippen LogP) is 3.27. The van der Waals surface area contributed by atoms with Gasteiger partial charge in [0, 0.05) is 10.6 Å². The van der Waals surface area contributed by atoms with Crippen LogP contribution in [-0.4, -0.2) is 20.0 Å². The Morgan fingerprint density at radius 3 is 2.48 bits per heavy atom. The smallest absolute Gasteiger partial charge is 0.188 e. The zero-order chi connectivity index (χ0) is 15.6. The van der Waals surface area contributed by atoms with Crippen LogP contribution in [0.5, 0.6) is 0 Å². The first-order chi connectivity index (χ1) is 9.79. The van der Waals surface area contributed by atoms with Crippen LogP contribution in [0.15, 0.2) is 47.4 Å². The maximum Gasteiger partial charge on any atom is 0.188 e. The summed E-state index contributed by atoms with van der Waals surface area (Å²) in [5, 5.41) is 0.273. The third kappa shape index (κ3) is 3.65. The number of rotatable bonds is 4. The summed E-state index contributed by atoms with van der Waals surface area (Å²) in [5.41, 5.74) is 0.0860. The van der Waals surface area contributed by atoms with Gasteiger partial charge < -0.3 is 0 Å². The van der Waals surface area contributed by atoms with Crippen LogP contribution >= 0.6 is 11.6 Å². The summed E-state index contributed by atoms with van der Waals surface area (Å²) in [6, 6.07) is 7.77. The maximum atomic E-state index is 13.5. The molecule has 0 aliphatic carbocycles. The molecule has 0 atom stereocenters. The van der Waals surface area contributed by atoms with Crippen LogP contribution in [0.3, 0.4) is 0 Å². The Bertz CT molecular complexity index is 804. The number of carbonyl (C=O) groups excluding carboxylic acids is 1. The van der Waals surface area contributed by atoms with Crippen LogP contribution in [0.4, 0.5) is 8.78 Å². The Kier molecular flexibility index (Phi) is 4.39. The second-order valence-corrected chi connectivity index (χ2v) is 6.66. The summed E-state index contributed by atoms with van der Waals surface area (Å²) in [6.45, 7) is 0. The van der Waals surface area contributed by atoms with Crippen molar-refractivity contribution in [1.82, 2.24) is 0 Å². The minimum absolute atomic E-state index is 0.0860. The molecule has 0 heterocycles. The quantitative estimate of drug-likeness (QED) is 0.808. The summed E-state index contributed by atoms with van der Waals surface area (Å²) in [6.07, 6.45) is 0. The molecule has 7 heteroatoms. The zero-order valence-electron chi connectivity index (χ0n) is 10.5. The number of carbonyl (C=O) groups is 1. The highest BCUT2D eigenvalue weighted by molar-refractivity contribution is 7.92. The van der Waals surface area contributed by atoms with Crippen LogP contribution in [0.2, 0.25) is 5.02 Å². The minimum Gasteiger partial charge on any atom is -0.293 e. The lowest BCUT2D eigenvalue weighted by Gasteiger charge is -2.06. The number of halogens is 3. The Labute approximate surface area is 125 Å². The first-order valence-electron chi connectivity index (χ1n) is 5.76. The number of hydrogen-bond donors (Lipinski definition) is 0. The van der Waals surface area contributed by atoms with Crippen LogP contribution in [0.25, 0.3) is 0 Å². The van der Waals surface area contributed by atoms with Gasteiger partial charge in [-0.1, -0.05) is 23.7 Å². The maximum absolute atomic E-state index is 13.5. The molecule has 0 aliphatic heterocycles. The molecule has 21 heavy (non-hydrogen) atoms. The van der Waals surface area contributed by atoms with E-state index in [1.165, 1.54) is 24.3 Å². The Morgan fingerprint density at radius 2 is 1.81 bits per heavy atom. The molecule has 0 aliphatic rings. The average molecular weight is 331 g/mol. The van der Waals surface area contributed by atoms with Crippen molar-refractivity contribution in [3.05, 3.63) is 64.7 Å². The Balaban J connectivity index is 2.33. The third-order valence-electron chi connectivity index (χ3n) is 2.70. The SMILES string of the molecule is O=C(CS(=O)(=O)c1cc(F)ccc1F)c1cccc(Cl)c1. The lowest BCUT2D eigenvalue weighted by molar-refractivity contribution is 0.102. The standard InChI is InChI=1S/C14H9ClF2O3S/c15-10-3-1-2-9(6-10)13(18)8-21(19,20)14-7-11(16)4-5-12(14)17/h1-7H,8H2. The van der Waals surface area contributed by atoms with Crippen LogP contribution < -0.4 is 0 Å². The molecule has 0 saturated heterocycles. The lowest BCUT2D eigenvalue weighted by atomic mass is 10.1. The van der Waals surface area contributed by atoms with E-state index in [4.69, 9.17) is 11.6 Å². The molecule has 2 rings (SSSR count). The van der Waals surface area contributed by atoms with Gasteiger partial charge in [0.05, 0.1) is 0 Å². The van der Waals surface area contributed by atoms with Gasteiger partial charge in [-0.05, 0) is 30.3 Å². The fourth-order valence-corrected chi connectivity index (χ4v) is 3.23. The summed E-state index contributed by atoms with van der Waals surface area (Å²) in [4.78, 5) is 11.1. The number of Topliss-reactive ketones (excluding diaryl/α,β-unsaturated/α-hetero) is 1. The van der Waals surface area contributed by atoms with E-state index >= 15 is 0 Å².